The van der Waals surface area contributed by atoms with Gasteiger partial charge in [0.15, 0.2) is 5.17 Å². The number of thioether (sulfide) groups is 1. The van der Waals surface area contributed by atoms with Crippen molar-refractivity contribution >= 4 is 34.5 Å². The molecule has 2 heterocycles. The van der Waals surface area contributed by atoms with Crippen LogP contribution in [0.1, 0.15) is 18.5 Å². The molecule has 6 heteroatoms. The molecule has 2 aliphatic rings. The van der Waals surface area contributed by atoms with Crippen LogP contribution < -0.4 is 0 Å². The topological polar surface area (TPSA) is 41.9 Å². The first-order valence-corrected chi connectivity index (χ1v) is 8.01. The first-order chi connectivity index (χ1) is 10.1. The highest BCUT2D eigenvalue weighted by Crippen LogP contribution is 2.40. The highest BCUT2D eigenvalue weighted by Gasteiger charge is 2.38. The summed E-state index contributed by atoms with van der Waals surface area (Å²) in [5.74, 6) is 0.650. The number of allylic oxidation sites excluding steroid dienone is 1. The van der Waals surface area contributed by atoms with Crippen molar-refractivity contribution in [2.75, 3.05) is 19.4 Å². The Morgan fingerprint density at radius 3 is 2.81 bits per heavy atom. The molecular weight excluding hydrogens is 308 g/mol. The smallest absolute Gasteiger partial charge is 0.338 e. The van der Waals surface area contributed by atoms with Gasteiger partial charge in [-0.15, -0.1) is 0 Å². The van der Waals surface area contributed by atoms with E-state index >= 15 is 0 Å². The highest BCUT2D eigenvalue weighted by molar-refractivity contribution is 8.14. The van der Waals surface area contributed by atoms with Crippen molar-refractivity contribution < 1.29 is 9.53 Å². The van der Waals surface area contributed by atoms with E-state index in [1.54, 1.807) is 11.8 Å². The van der Waals surface area contributed by atoms with Gasteiger partial charge in [-0.3, -0.25) is 0 Å². The van der Waals surface area contributed by atoms with E-state index in [4.69, 9.17) is 16.3 Å². The summed E-state index contributed by atoms with van der Waals surface area (Å²) >= 11 is 7.69. The van der Waals surface area contributed by atoms with E-state index in [0.717, 1.165) is 28.7 Å². The quantitative estimate of drug-likeness (QED) is 0.784. The van der Waals surface area contributed by atoms with Crippen molar-refractivity contribution in [2.24, 2.45) is 4.99 Å². The minimum Gasteiger partial charge on any atom is -0.466 e. The van der Waals surface area contributed by atoms with E-state index in [9.17, 15) is 4.79 Å². The van der Waals surface area contributed by atoms with E-state index in [-0.39, 0.29) is 12.0 Å². The molecule has 0 N–H and O–H groups in total. The van der Waals surface area contributed by atoms with Crippen LogP contribution >= 0.6 is 23.4 Å². The number of carbonyl (C=O) groups excluding carboxylic acids is 1. The third kappa shape index (κ3) is 2.56. The van der Waals surface area contributed by atoms with Crippen molar-refractivity contribution in [2.45, 2.75) is 13.0 Å². The van der Waals surface area contributed by atoms with E-state index < -0.39 is 0 Å². The molecule has 4 nitrogen and oxygen atoms in total. The van der Waals surface area contributed by atoms with Gasteiger partial charge in [0.2, 0.25) is 0 Å². The standard InChI is InChI=1S/C15H15ClN2O2S/c1-9-12(14(19)20-2)13(10-3-5-11(16)6-4-10)18-7-8-21-15(18)17-9/h3-6,13H,7-8H2,1-2H3/t13-/m1/s1. The van der Waals surface area contributed by atoms with Crippen molar-refractivity contribution in [1.82, 2.24) is 4.90 Å². The second-order valence-corrected chi connectivity index (χ2v) is 6.38. The highest BCUT2D eigenvalue weighted by atomic mass is 35.5. The maximum Gasteiger partial charge on any atom is 0.338 e. The zero-order chi connectivity index (χ0) is 15.0. The Morgan fingerprint density at radius 1 is 1.43 bits per heavy atom. The number of fused-ring (bicyclic) bond motifs is 1. The zero-order valence-corrected chi connectivity index (χ0v) is 13.4. The molecule has 0 radical (unpaired) electrons. The number of rotatable bonds is 2. The molecule has 3 rings (SSSR count). The molecule has 21 heavy (non-hydrogen) atoms. The predicted octanol–water partition coefficient (Wildman–Crippen LogP) is 3.25. The van der Waals surface area contributed by atoms with Gasteiger partial charge in [0.25, 0.3) is 0 Å². The van der Waals surface area contributed by atoms with E-state index in [1.165, 1.54) is 7.11 Å². The van der Waals surface area contributed by atoms with Crippen LogP contribution in [0, 0.1) is 0 Å². The summed E-state index contributed by atoms with van der Waals surface area (Å²) in [6.45, 7) is 2.73. The van der Waals surface area contributed by atoms with Crippen LogP contribution in [0.2, 0.25) is 5.02 Å². The number of halogens is 1. The number of ether oxygens (including phenoxy) is 1. The molecule has 2 aliphatic heterocycles. The summed E-state index contributed by atoms with van der Waals surface area (Å²) in [4.78, 5) is 18.9. The first-order valence-electron chi connectivity index (χ1n) is 6.64. The van der Waals surface area contributed by atoms with Crippen molar-refractivity contribution in [3.8, 4) is 0 Å². The zero-order valence-electron chi connectivity index (χ0n) is 11.8. The summed E-state index contributed by atoms with van der Waals surface area (Å²) in [5.41, 5.74) is 2.35. The molecule has 0 bridgehead atoms. The number of methoxy groups -OCH3 is 1. The number of benzene rings is 1. The van der Waals surface area contributed by atoms with Gasteiger partial charge in [-0.1, -0.05) is 35.5 Å². The summed E-state index contributed by atoms with van der Waals surface area (Å²) in [6, 6.07) is 7.44. The fraction of sp³-hybridized carbons (Fsp3) is 0.333. The van der Waals surface area contributed by atoms with Crippen molar-refractivity contribution in [3.05, 3.63) is 46.1 Å². The normalized spacial score (nSPS) is 21.2. The largest absolute Gasteiger partial charge is 0.466 e. The Morgan fingerprint density at radius 2 is 2.14 bits per heavy atom. The van der Waals surface area contributed by atoms with Crippen LogP contribution in [-0.4, -0.2) is 35.4 Å². The van der Waals surface area contributed by atoms with Gasteiger partial charge in [-0.25, -0.2) is 9.79 Å². The average Bonchev–Trinajstić information content (AvgIpc) is 2.94. The SMILES string of the molecule is COC(=O)C1=C(C)N=C2SCCN2[C@@H]1c1ccc(Cl)cc1. The molecule has 1 atom stereocenters. The number of esters is 1. The Hall–Kier alpha value is -1.46. The van der Waals surface area contributed by atoms with Gasteiger partial charge in [-0.05, 0) is 24.6 Å². The second-order valence-electron chi connectivity index (χ2n) is 4.88. The minimum atomic E-state index is -0.327. The van der Waals surface area contributed by atoms with Gasteiger partial charge < -0.3 is 9.64 Å². The predicted molar refractivity (Wildman–Crippen MR) is 85.5 cm³/mol. The van der Waals surface area contributed by atoms with Crippen LogP contribution in [-0.2, 0) is 9.53 Å². The fourth-order valence-electron chi connectivity index (χ4n) is 2.67. The molecule has 0 amide bonds. The lowest BCUT2D eigenvalue weighted by Crippen LogP contribution is -2.36. The van der Waals surface area contributed by atoms with E-state index in [1.807, 2.05) is 31.2 Å². The molecule has 1 saturated heterocycles. The van der Waals surface area contributed by atoms with Gasteiger partial charge in [-0.2, -0.15) is 0 Å². The maximum absolute atomic E-state index is 12.2. The maximum atomic E-state index is 12.2. The van der Waals surface area contributed by atoms with Crippen molar-refractivity contribution in [1.29, 1.82) is 0 Å². The molecule has 1 fully saturated rings. The molecule has 1 aromatic rings. The lowest BCUT2D eigenvalue weighted by molar-refractivity contribution is -0.136. The molecule has 0 saturated carbocycles. The van der Waals surface area contributed by atoms with Gasteiger partial charge >= 0.3 is 5.97 Å². The Kier molecular flexibility index (Phi) is 3.95. The molecule has 0 aliphatic carbocycles. The molecule has 1 aromatic carbocycles. The van der Waals surface area contributed by atoms with Crippen LogP contribution in [0.15, 0.2) is 40.5 Å². The van der Waals surface area contributed by atoms with Crippen LogP contribution in [0.4, 0.5) is 0 Å². The summed E-state index contributed by atoms with van der Waals surface area (Å²) in [7, 11) is 1.40. The third-order valence-electron chi connectivity index (χ3n) is 3.64. The summed E-state index contributed by atoms with van der Waals surface area (Å²) in [6.07, 6.45) is 0. The Bertz CT molecular complexity index is 640. The lowest BCUT2D eigenvalue weighted by atomic mass is 9.95. The fourth-order valence-corrected chi connectivity index (χ4v) is 3.83. The third-order valence-corrected chi connectivity index (χ3v) is 4.86. The first kappa shape index (κ1) is 14.5. The molecule has 0 aromatic heterocycles. The molecular formula is C15H15ClN2O2S. The average molecular weight is 323 g/mol. The van der Waals surface area contributed by atoms with E-state index in [0.29, 0.717) is 10.6 Å². The Labute approximate surface area is 132 Å². The number of hydrogen-bond donors (Lipinski definition) is 0. The number of aliphatic imine (C=N–C) groups is 1. The van der Waals surface area contributed by atoms with Crippen LogP contribution in [0.5, 0.6) is 0 Å². The number of amidine groups is 1. The second kappa shape index (κ2) is 5.73. The number of nitrogens with zero attached hydrogens (tertiary/aromatic N) is 2. The minimum absolute atomic E-state index is 0.155. The molecule has 0 spiro atoms. The van der Waals surface area contributed by atoms with Gasteiger partial charge in [0, 0.05) is 17.3 Å². The van der Waals surface area contributed by atoms with Gasteiger partial charge in [0.05, 0.1) is 24.4 Å². The lowest BCUT2D eigenvalue weighted by Gasteiger charge is -2.34. The molecule has 110 valence electrons. The van der Waals surface area contributed by atoms with E-state index in [2.05, 4.69) is 9.89 Å². The summed E-state index contributed by atoms with van der Waals surface area (Å²) < 4.78 is 4.96. The monoisotopic (exact) mass is 322 g/mol. The number of hydrogen-bond acceptors (Lipinski definition) is 5. The Balaban J connectivity index is 2.11. The summed E-state index contributed by atoms with van der Waals surface area (Å²) in [5, 5.41) is 1.65. The van der Waals surface area contributed by atoms with Crippen LogP contribution in [0.25, 0.3) is 0 Å². The van der Waals surface area contributed by atoms with Crippen LogP contribution in [0.3, 0.4) is 0 Å². The van der Waals surface area contributed by atoms with Crippen molar-refractivity contribution in [3.63, 3.8) is 0 Å². The number of carbonyl (C=O) groups is 1. The molecule has 0 unspecified atom stereocenters. The van der Waals surface area contributed by atoms with Gasteiger partial charge in [0.1, 0.15) is 0 Å².